The van der Waals surface area contributed by atoms with Crippen molar-refractivity contribution in [3.05, 3.63) is 28.2 Å². The van der Waals surface area contributed by atoms with Gasteiger partial charge in [-0.2, -0.15) is 0 Å². The largest absolute Gasteiger partial charge is 0.480 e. The van der Waals surface area contributed by atoms with Crippen molar-refractivity contribution in [1.29, 1.82) is 0 Å². The van der Waals surface area contributed by atoms with Gasteiger partial charge in [-0.3, -0.25) is 0 Å². The number of carbonyl (C=O) groups excluding carboxylic acids is 1. The Bertz CT molecular complexity index is 505. The second-order valence-corrected chi connectivity index (χ2v) is 5.62. The van der Waals surface area contributed by atoms with E-state index in [0.717, 1.165) is 10.0 Å². The fraction of sp³-hybridized carbons (Fsp3) is 0.429. The highest BCUT2D eigenvalue weighted by Crippen LogP contribution is 2.20. The van der Waals surface area contributed by atoms with Crippen molar-refractivity contribution in [3.8, 4) is 0 Å². The molecule has 5 nitrogen and oxygen atoms in total. The van der Waals surface area contributed by atoms with Crippen LogP contribution in [-0.2, 0) is 4.79 Å². The Morgan fingerprint density at radius 2 is 2.05 bits per heavy atom. The van der Waals surface area contributed by atoms with Gasteiger partial charge in [0.2, 0.25) is 0 Å². The topological polar surface area (TPSA) is 78.4 Å². The Balaban J connectivity index is 2.70. The molecule has 1 rings (SSSR count). The van der Waals surface area contributed by atoms with Gasteiger partial charge in [-0.1, -0.05) is 36.2 Å². The lowest BCUT2D eigenvalue weighted by Gasteiger charge is -2.20. The van der Waals surface area contributed by atoms with E-state index in [-0.39, 0.29) is 5.92 Å². The zero-order valence-corrected chi connectivity index (χ0v) is 13.3. The van der Waals surface area contributed by atoms with E-state index in [2.05, 4.69) is 26.6 Å². The first-order valence-electron chi connectivity index (χ1n) is 6.41. The minimum atomic E-state index is -1.03. The first-order valence-corrected chi connectivity index (χ1v) is 7.21. The van der Waals surface area contributed by atoms with Crippen LogP contribution in [0.1, 0.15) is 25.8 Å². The van der Waals surface area contributed by atoms with Crippen molar-refractivity contribution in [2.24, 2.45) is 5.92 Å². The lowest BCUT2D eigenvalue weighted by atomic mass is 9.99. The van der Waals surface area contributed by atoms with E-state index in [9.17, 15) is 9.59 Å². The highest BCUT2D eigenvalue weighted by atomic mass is 79.9. The van der Waals surface area contributed by atoms with Gasteiger partial charge in [0, 0.05) is 10.2 Å². The number of nitrogens with one attached hydrogen (secondary N) is 2. The molecule has 2 atom stereocenters. The van der Waals surface area contributed by atoms with E-state index in [1.54, 1.807) is 13.0 Å². The molecule has 2 amide bonds. The summed E-state index contributed by atoms with van der Waals surface area (Å²) in [7, 11) is 0. The molecule has 1 aromatic rings. The predicted octanol–water partition coefficient (Wildman–Crippen LogP) is 3.38. The van der Waals surface area contributed by atoms with E-state index in [0.29, 0.717) is 12.1 Å². The van der Waals surface area contributed by atoms with Crippen molar-refractivity contribution in [3.63, 3.8) is 0 Å². The van der Waals surface area contributed by atoms with Gasteiger partial charge < -0.3 is 15.7 Å². The lowest BCUT2D eigenvalue weighted by molar-refractivity contribution is -0.140. The number of carboxylic acids is 1. The summed E-state index contributed by atoms with van der Waals surface area (Å²) in [6, 6.07) is 3.98. The maximum atomic E-state index is 11.8. The summed E-state index contributed by atoms with van der Waals surface area (Å²) in [5.41, 5.74) is 1.61. The zero-order chi connectivity index (χ0) is 15.3. The molecule has 6 heteroatoms. The van der Waals surface area contributed by atoms with Gasteiger partial charge >= 0.3 is 12.0 Å². The number of anilines is 1. The Hall–Kier alpha value is -1.56. The number of rotatable bonds is 5. The van der Waals surface area contributed by atoms with Gasteiger partial charge in [0.05, 0.1) is 0 Å². The van der Waals surface area contributed by atoms with Crippen LogP contribution in [0, 0.1) is 12.8 Å². The molecule has 0 aromatic heterocycles. The van der Waals surface area contributed by atoms with Crippen molar-refractivity contribution in [1.82, 2.24) is 5.32 Å². The zero-order valence-electron chi connectivity index (χ0n) is 11.7. The quantitative estimate of drug-likeness (QED) is 0.767. The number of hydrogen-bond acceptors (Lipinski definition) is 2. The molecule has 0 aliphatic heterocycles. The Morgan fingerprint density at radius 1 is 1.40 bits per heavy atom. The van der Waals surface area contributed by atoms with Crippen LogP contribution in [0.4, 0.5) is 10.5 Å². The summed E-state index contributed by atoms with van der Waals surface area (Å²) in [5.74, 6) is -1.16. The van der Waals surface area contributed by atoms with Crippen LogP contribution in [0.3, 0.4) is 0 Å². The maximum absolute atomic E-state index is 11.8. The second kappa shape index (κ2) is 7.28. The van der Waals surface area contributed by atoms with Crippen LogP contribution in [0.2, 0.25) is 0 Å². The van der Waals surface area contributed by atoms with E-state index in [1.807, 2.05) is 26.0 Å². The monoisotopic (exact) mass is 342 g/mol. The summed E-state index contributed by atoms with van der Waals surface area (Å²) in [6.07, 6.45) is 0.675. The fourth-order valence-corrected chi connectivity index (χ4v) is 1.96. The van der Waals surface area contributed by atoms with Crippen LogP contribution in [0.5, 0.6) is 0 Å². The SMILES string of the molecule is CCC(C)C(NC(=O)Nc1ccc(Br)c(C)c1)C(=O)O. The molecule has 0 heterocycles. The fourth-order valence-electron chi connectivity index (χ4n) is 1.71. The van der Waals surface area contributed by atoms with Crippen LogP contribution in [0.15, 0.2) is 22.7 Å². The van der Waals surface area contributed by atoms with Crippen molar-refractivity contribution in [2.75, 3.05) is 5.32 Å². The summed E-state index contributed by atoms with van der Waals surface area (Å²) in [6.45, 7) is 5.59. The third-order valence-corrected chi connectivity index (χ3v) is 4.07. The number of amides is 2. The molecule has 0 spiro atoms. The molecule has 110 valence electrons. The van der Waals surface area contributed by atoms with Gasteiger partial charge in [-0.25, -0.2) is 9.59 Å². The molecule has 0 bridgehead atoms. The van der Waals surface area contributed by atoms with E-state index in [1.165, 1.54) is 0 Å². The first kappa shape index (κ1) is 16.5. The molecule has 0 aliphatic carbocycles. The maximum Gasteiger partial charge on any atom is 0.326 e. The Labute approximate surface area is 126 Å². The highest BCUT2D eigenvalue weighted by molar-refractivity contribution is 9.10. The van der Waals surface area contributed by atoms with Gasteiger partial charge in [0.15, 0.2) is 0 Å². The molecule has 0 aliphatic rings. The van der Waals surface area contributed by atoms with Gasteiger partial charge in [0.25, 0.3) is 0 Å². The number of benzene rings is 1. The van der Waals surface area contributed by atoms with Crippen molar-refractivity contribution < 1.29 is 14.7 Å². The summed E-state index contributed by atoms with van der Waals surface area (Å²) in [4.78, 5) is 23.0. The molecule has 0 saturated carbocycles. The van der Waals surface area contributed by atoms with E-state index >= 15 is 0 Å². The van der Waals surface area contributed by atoms with Gasteiger partial charge in [-0.15, -0.1) is 0 Å². The van der Waals surface area contributed by atoms with Gasteiger partial charge in [-0.05, 0) is 36.6 Å². The Kier molecular flexibility index (Phi) is 6.01. The van der Waals surface area contributed by atoms with E-state index in [4.69, 9.17) is 5.11 Å². The molecule has 1 aromatic carbocycles. The number of halogens is 1. The van der Waals surface area contributed by atoms with Crippen LogP contribution in [0.25, 0.3) is 0 Å². The lowest BCUT2D eigenvalue weighted by Crippen LogP contribution is -2.46. The minimum Gasteiger partial charge on any atom is -0.480 e. The number of hydrogen-bond donors (Lipinski definition) is 3. The number of carboxylic acid groups (broad SMARTS) is 1. The van der Waals surface area contributed by atoms with Crippen molar-refractivity contribution >= 4 is 33.6 Å². The molecule has 0 fully saturated rings. The number of carbonyl (C=O) groups is 2. The summed E-state index contributed by atoms with van der Waals surface area (Å²) >= 11 is 3.38. The molecular weight excluding hydrogens is 324 g/mol. The standard InChI is InChI=1S/C14H19BrN2O3/c1-4-8(2)12(13(18)19)17-14(20)16-10-5-6-11(15)9(3)7-10/h5-8,12H,4H2,1-3H3,(H,18,19)(H2,16,17,20). The second-order valence-electron chi connectivity index (χ2n) is 4.76. The smallest absolute Gasteiger partial charge is 0.326 e. The highest BCUT2D eigenvalue weighted by Gasteiger charge is 2.25. The van der Waals surface area contributed by atoms with Crippen LogP contribution < -0.4 is 10.6 Å². The number of aliphatic carboxylic acids is 1. The molecule has 20 heavy (non-hydrogen) atoms. The Morgan fingerprint density at radius 3 is 2.55 bits per heavy atom. The minimum absolute atomic E-state index is 0.134. The third-order valence-electron chi connectivity index (χ3n) is 3.18. The average Bonchev–Trinajstić information content (AvgIpc) is 2.39. The number of aryl methyl sites for hydroxylation is 1. The third kappa shape index (κ3) is 4.52. The van der Waals surface area contributed by atoms with Gasteiger partial charge in [0.1, 0.15) is 6.04 Å². The predicted molar refractivity (Wildman–Crippen MR) is 81.9 cm³/mol. The van der Waals surface area contributed by atoms with Crippen molar-refractivity contribution in [2.45, 2.75) is 33.2 Å². The first-order chi connectivity index (χ1) is 9.35. The normalized spacial score (nSPS) is 13.4. The van der Waals surface area contributed by atoms with Crippen LogP contribution >= 0.6 is 15.9 Å². The summed E-state index contributed by atoms with van der Waals surface area (Å²) < 4.78 is 0.950. The average molecular weight is 343 g/mol. The molecule has 0 saturated heterocycles. The number of urea groups is 1. The van der Waals surface area contributed by atoms with Crippen LogP contribution in [-0.4, -0.2) is 23.1 Å². The van der Waals surface area contributed by atoms with E-state index < -0.39 is 18.0 Å². The summed E-state index contributed by atoms with van der Waals surface area (Å²) in [5, 5.41) is 14.3. The molecule has 0 radical (unpaired) electrons. The molecule has 2 unspecified atom stereocenters. The molecular formula is C14H19BrN2O3. The molecule has 3 N–H and O–H groups in total.